The van der Waals surface area contributed by atoms with Gasteiger partial charge in [0.05, 0.1) is 30.8 Å². The van der Waals surface area contributed by atoms with Crippen LogP contribution in [0.25, 0.3) is 10.8 Å². The standard InChI is InChI=1S/C22H21N3O5/c1-29-21-13-16-5-3-2-4-15(16)12-18(21)22(26)23-17-6-7-19(20(14-17)25(27)28)24-8-10-30-11-9-24/h2-7,12-14H,8-11H2,1H3,(H,23,26). The minimum absolute atomic E-state index is 0.0554. The lowest BCUT2D eigenvalue weighted by Gasteiger charge is -2.28. The average Bonchev–Trinajstić information content (AvgIpc) is 2.78. The number of nitrogens with one attached hydrogen (secondary N) is 1. The van der Waals surface area contributed by atoms with E-state index in [9.17, 15) is 14.9 Å². The van der Waals surface area contributed by atoms with Crippen molar-refractivity contribution in [3.63, 3.8) is 0 Å². The summed E-state index contributed by atoms with van der Waals surface area (Å²) in [4.78, 5) is 26.0. The van der Waals surface area contributed by atoms with E-state index in [1.807, 2.05) is 29.2 Å². The summed E-state index contributed by atoms with van der Waals surface area (Å²) < 4.78 is 10.7. The predicted octanol–water partition coefficient (Wildman–Crippen LogP) is 3.85. The Labute approximate surface area is 173 Å². The number of anilines is 2. The van der Waals surface area contributed by atoms with Crippen molar-refractivity contribution in [3.05, 3.63) is 70.3 Å². The predicted molar refractivity (Wildman–Crippen MR) is 115 cm³/mol. The van der Waals surface area contributed by atoms with Crippen molar-refractivity contribution in [1.29, 1.82) is 0 Å². The first kappa shape index (κ1) is 19.7. The van der Waals surface area contributed by atoms with Gasteiger partial charge in [-0.25, -0.2) is 0 Å². The number of nitro groups is 1. The van der Waals surface area contributed by atoms with Crippen LogP contribution in [0.3, 0.4) is 0 Å². The molecule has 8 nitrogen and oxygen atoms in total. The van der Waals surface area contributed by atoms with Gasteiger partial charge in [-0.15, -0.1) is 0 Å². The molecular formula is C22H21N3O5. The molecule has 0 radical (unpaired) electrons. The lowest BCUT2D eigenvalue weighted by atomic mass is 10.1. The fourth-order valence-corrected chi connectivity index (χ4v) is 3.58. The van der Waals surface area contributed by atoms with E-state index in [1.165, 1.54) is 13.2 Å². The number of hydrogen-bond donors (Lipinski definition) is 1. The fraction of sp³-hybridized carbons (Fsp3) is 0.227. The normalized spacial score (nSPS) is 13.8. The molecule has 1 saturated heterocycles. The minimum atomic E-state index is -0.433. The molecule has 4 rings (SSSR count). The highest BCUT2D eigenvalue weighted by atomic mass is 16.6. The molecule has 30 heavy (non-hydrogen) atoms. The Hall–Kier alpha value is -3.65. The van der Waals surface area contributed by atoms with Gasteiger partial charge in [0.25, 0.3) is 11.6 Å². The molecule has 1 heterocycles. The highest BCUT2D eigenvalue weighted by Gasteiger charge is 2.23. The highest BCUT2D eigenvalue weighted by molar-refractivity contribution is 6.09. The zero-order valence-corrected chi connectivity index (χ0v) is 16.5. The van der Waals surface area contributed by atoms with Gasteiger partial charge in [-0.2, -0.15) is 0 Å². The highest BCUT2D eigenvalue weighted by Crippen LogP contribution is 2.32. The number of methoxy groups -OCH3 is 1. The van der Waals surface area contributed by atoms with Crippen LogP contribution < -0.4 is 15.0 Å². The van der Waals surface area contributed by atoms with E-state index in [4.69, 9.17) is 9.47 Å². The number of ether oxygens (including phenoxy) is 2. The Morgan fingerprint density at radius 1 is 1.10 bits per heavy atom. The number of nitro benzene ring substituents is 1. The van der Waals surface area contributed by atoms with Gasteiger partial charge in [0.15, 0.2) is 0 Å². The summed E-state index contributed by atoms with van der Waals surface area (Å²) in [5.41, 5.74) is 1.17. The molecule has 0 atom stereocenters. The van der Waals surface area contributed by atoms with Gasteiger partial charge in [-0.1, -0.05) is 24.3 Å². The number of amides is 1. The van der Waals surface area contributed by atoms with Gasteiger partial charge in [-0.3, -0.25) is 14.9 Å². The summed E-state index contributed by atoms with van der Waals surface area (Å²) in [6.45, 7) is 2.22. The van der Waals surface area contributed by atoms with Crippen LogP contribution in [0.4, 0.5) is 17.1 Å². The van der Waals surface area contributed by atoms with E-state index >= 15 is 0 Å². The number of morpholine rings is 1. The Morgan fingerprint density at radius 3 is 2.47 bits per heavy atom. The quantitative estimate of drug-likeness (QED) is 0.510. The molecule has 154 valence electrons. The molecular weight excluding hydrogens is 386 g/mol. The van der Waals surface area contributed by atoms with Gasteiger partial charge in [0.2, 0.25) is 0 Å². The molecule has 1 aliphatic rings. The third-order valence-corrected chi connectivity index (χ3v) is 5.09. The first-order valence-electron chi connectivity index (χ1n) is 9.56. The SMILES string of the molecule is COc1cc2ccccc2cc1C(=O)Nc1ccc(N2CCOCC2)c([N+](=O)[O-])c1. The number of fused-ring (bicyclic) bond motifs is 1. The Balaban J connectivity index is 1.64. The number of rotatable bonds is 5. The maximum atomic E-state index is 12.9. The summed E-state index contributed by atoms with van der Waals surface area (Å²) in [6, 6.07) is 15.9. The van der Waals surface area contributed by atoms with Crippen LogP contribution in [0.5, 0.6) is 5.75 Å². The van der Waals surface area contributed by atoms with Gasteiger partial charge in [0.1, 0.15) is 11.4 Å². The smallest absolute Gasteiger partial charge is 0.294 e. The molecule has 3 aromatic rings. The summed E-state index contributed by atoms with van der Waals surface area (Å²) in [5.74, 6) is 0.0386. The summed E-state index contributed by atoms with van der Waals surface area (Å²) >= 11 is 0. The van der Waals surface area contributed by atoms with Crippen molar-refractivity contribution < 1.29 is 19.2 Å². The molecule has 0 unspecified atom stereocenters. The van der Waals surface area contributed by atoms with E-state index in [0.29, 0.717) is 49.0 Å². The number of benzene rings is 3. The largest absolute Gasteiger partial charge is 0.496 e. The van der Waals surface area contributed by atoms with Gasteiger partial charge >= 0.3 is 0 Å². The third-order valence-electron chi connectivity index (χ3n) is 5.09. The zero-order chi connectivity index (χ0) is 21.1. The number of carbonyl (C=O) groups is 1. The van der Waals surface area contributed by atoms with Crippen LogP contribution in [0.2, 0.25) is 0 Å². The summed E-state index contributed by atoms with van der Waals surface area (Å²) in [7, 11) is 1.50. The Kier molecular flexibility index (Phi) is 5.49. The number of carbonyl (C=O) groups excluding carboxylic acids is 1. The third kappa shape index (κ3) is 3.90. The van der Waals surface area contributed by atoms with Gasteiger partial charge in [-0.05, 0) is 35.0 Å². The van der Waals surface area contributed by atoms with Crippen LogP contribution in [0.15, 0.2) is 54.6 Å². The number of nitrogens with zero attached hydrogens (tertiary/aromatic N) is 2. The molecule has 1 amide bonds. The first-order valence-corrected chi connectivity index (χ1v) is 9.56. The zero-order valence-electron chi connectivity index (χ0n) is 16.5. The van der Waals surface area contributed by atoms with Crippen molar-refractivity contribution in [1.82, 2.24) is 0 Å². The van der Waals surface area contributed by atoms with Crippen molar-refractivity contribution in [3.8, 4) is 5.75 Å². The minimum Gasteiger partial charge on any atom is -0.496 e. The van der Waals surface area contributed by atoms with Crippen molar-refractivity contribution in [2.75, 3.05) is 43.6 Å². The second-order valence-electron chi connectivity index (χ2n) is 6.91. The average molecular weight is 407 g/mol. The Bertz CT molecular complexity index is 1110. The van der Waals surface area contributed by atoms with Gasteiger partial charge < -0.3 is 19.7 Å². The van der Waals surface area contributed by atoms with E-state index in [2.05, 4.69) is 5.32 Å². The Morgan fingerprint density at radius 2 is 1.80 bits per heavy atom. The monoisotopic (exact) mass is 407 g/mol. The maximum absolute atomic E-state index is 12.9. The maximum Gasteiger partial charge on any atom is 0.294 e. The molecule has 0 spiro atoms. The van der Waals surface area contributed by atoms with Crippen LogP contribution in [-0.4, -0.2) is 44.2 Å². The summed E-state index contributed by atoms with van der Waals surface area (Å²) in [6.07, 6.45) is 0. The lowest BCUT2D eigenvalue weighted by Crippen LogP contribution is -2.36. The van der Waals surface area contributed by atoms with Gasteiger partial charge in [0, 0.05) is 24.8 Å². The van der Waals surface area contributed by atoms with Crippen LogP contribution in [0.1, 0.15) is 10.4 Å². The molecule has 0 bridgehead atoms. The van der Waals surface area contributed by atoms with E-state index in [-0.39, 0.29) is 5.69 Å². The molecule has 1 aliphatic heterocycles. The van der Waals surface area contributed by atoms with Crippen molar-refractivity contribution >= 4 is 33.7 Å². The molecule has 1 N–H and O–H groups in total. The lowest BCUT2D eigenvalue weighted by molar-refractivity contribution is -0.384. The van der Waals surface area contributed by atoms with E-state index < -0.39 is 10.8 Å². The van der Waals surface area contributed by atoms with E-state index in [1.54, 1.807) is 24.3 Å². The second kappa shape index (κ2) is 8.38. The first-order chi connectivity index (χ1) is 14.6. The molecule has 1 fully saturated rings. The molecule has 0 aromatic heterocycles. The molecule has 0 aliphatic carbocycles. The van der Waals surface area contributed by atoms with Crippen LogP contribution in [-0.2, 0) is 4.74 Å². The van der Waals surface area contributed by atoms with E-state index in [0.717, 1.165) is 10.8 Å². The van der Waals surface area contributed by atoms with Crippen LogP contribution >= 0.6 is 0 Å². The topological polar surface area (TPSA) is 93.9 Å². The van der Waals surface area contributed by atoms with Crippen LogP contribution in [0, 0.1) is 10.1 Å². The molecule has 0 saturated carbocycles. The molecule has 3 aromatic carbocycles. The van der Waals surface area contributed by atoms with Crippen molar-refractivity contribution in [2.24, 2.45) is 0 Å². The molecule has 8 heteroatoms. The number of hydrogen-bond acceptors (Lipinski definition) is 6. The second-order valence-corrected chi connectivity index (χ2v) is 6.91. The fourth-order valence-electron chi connectivity index (χ4n) is 3.58. The summed E-state index contributed by atoms with van der Waals surface area (Å²) in [5, 5.41) is 16.2. The van der Waals surface area contributed by atoms with Crippen molar-refractivity contribution in [2.45, 2.75) is 0 Å².